The third kappa shape index (κ3) is 3.16. The lowest BCUT2D eigenvalue weighted by Crippen LogP contribution is -2.37. The second-order valence-corrected chi connectivity index (χ2v) is 6.40. The minimum Gasteiger partial charge on any atom is -0.207 e. The van der Waals surface area contributed by atoms with Crippen molar-refractivity contribution in [1.29, 1.82) is 0 Å². The number of hydrogen-bond donors (Lipinski definition) is 0. The quantitative estimate of drug-likeness (QED) is 0.843. The minimum atomic E-state index is -3.57. The van der Waals surface area contributed by atoms with Gasteiger partial charge >= 0.3 is 0 Å². The minimum absolute atomic E-state index is 0.105. The third-order valence-corrected chi connectivity index (χ3v) is 4.49. The normalized spacial score (nSPS) is 12.4. The maximum Gasteiger partial charge on any atom is 0.281 e. The maximum absolute atomic E-state index is 13.5. The molecule has 0 bridgehead atoms. The monoisotopic (exact) mass is 280 g/mol. The van der Waals surface area contributed by atoms with Crippen LogP contribution in [0.2, 0.25) is 5.02 Å². The number of rotatable bonds is 4. The second-order valence-electron chi connectivity index (χ2n) is 3.75. The van der Waals surface area contributed by atoms with E-state index in [-0.39, 0.29) is 17.1 Å². The Morgan fingerprint density at radius 3 is 2.35 bits per heavy atom. The van der Waals surface area contributed by atoms with Crippen LogP contribution in [0.15, 0.2) is 18.2 Å². The number of halogens is 2. The van der Waals surface area contributed by atoms with Crippen LogP contribution >= 0.6 is 11.6 Å². The first-order chi connectivity index (χ1) is 7.76. The van der Waals surface area contributed by atoms with Gasteiger partial charge in [0.05, 0.1) is 0 Å². The topological polar surface area (TPSA) is 40.6 Å². The second kappa shape index (κ2) is 5.30. The van der Waals surface area contributed by atoms with Crippen LogP contribution in [0.25, 0.3) is 0 Å². The standard InChI is InChI=1S/C10H14ClFN2O2S/c1-13(2)17(15,16)14(3)7-8-9(11)5-4-6-10(8)12/h4-6H,7H2,1-3H3. The molecule has 0 fully saturated rings. The molecule has 1 aromatic rings. The first kappa shape index (κ1) is 14.4. The van der Waals surface area contributed by atoms with Gasteiger partial charge in [0.25, 0.3) is 10.2 Å². The van der Waals surface area contributed by atoms with E-state index in [9.17, 15) is 12.8 Å². The Labute approximate surface area is 106 Å². The van der Waals surface area contributed by atoms with Crippen LogP contribution in [0.3, 0.4) is 0 Å². The Kier molecular flexibility index (Phi) is 4.48. The van der Waals surface area contributed by atoms with Crippen LogP contribution in [-0.4, -0.2) is 38.2 Å². The fourth-order valence-electron chi connectivity index (χ4n) is 1.27. The molecule has 1 aromatic carbocycles. The zero-order valence-electron chi connectivity index (χ0n) is 9.81. The van der Waals surface area contributed by atoms with Gasteiger partial charge in [0.2, 0.25) is 0 Å². The predicted octanol–water partition coefficient (Wildman–Crippen LogP) is 1.72. The van der Waals surface area contributed by atoms with E-state index >= 15 is 0 Å². The lowest BCUT2D eigenvalue weighted by Gasteiger charge is -2.21. The van der Waals surface area contributed by atoms with Gasteiger partial charge in [-0.2, -0.15) is 17.0 Å². The van der Waals surface area contributed by atoms with Gasteiger partial charge in [0.1, 0.15) is 5.82 Å². The molecule has 0 amide bonds. The molecule has 96 valence electrons. The van der Waals surface area contributed by atoms with E-state index in [0.29, 0.717) is 0 Å². The van der Waals surface area contributed by atoms with Gasteiger partial charge in [-0.15, -0.1) is 0 Å². The Hall–Kier alpha value is -0.690. The van der Waals surface area contributed by atoms with E-state index in [1.54, 1.807) is 0 Å². The summed E-state index contributed by atoms with van der Waals surface area (Å²) >= 11 is 5.83. The van der Waals surface area contributed by atoms with Crippen molar-refractivity contribution >= 4 is 21.8 Å². The largest absolute Gasteiger partial charge is 0.281 e. The van der Waals surface area contributed by atoms with Gasteiger partial charge in [0.15, 0.2) is 0 Å². The summed E-state index contributed by atoms with van der Waals surface area (Å²) in [6.07, 6.45) is 0. The maximum atomic E-state index is 13.5. The van der Waals surface area contributed by atoms with E-state index < -0.39 is 16.0 Å². The number of benzene rings is 1. The first-order valence-electron chi connectivity index (χ1n) is 4.83. The summed E-state index contributed by atoms with van der Waals surface area (Å²) in [5.74, 6) is -0.515. The van der Waals surface area contributed by atoms with Crippen molar-refractivity contribution in [3.8, 4) is 0 Å². The summed E-state index contributed by atoms with van der Waals surface area (Å²) in [5.41, 5.74) is 0.169. The lowest BCUT2D eigenvalue weighted by atomic mass is 10.2. The summed E-state index contributed by atoms with van der Waals surface area (Å²) in [6, 6.07) is 4.25. The van der Waals surface area contributed by atoms with Gasteiger partial charge in [-0.3, -0.25) is 0 Å². The Balaban J connectivity index is 3.01. The highest BCUT2D eigenvalue weighted by Gasteiger charge is 2.22. The van der Waals surface area contributed by atoms with Crippen molar-refractivity contribution in [2.24, 2.45) is 0 Å². The lowest BCUT2D eigenvalue weighted by molar-refractivity contribution is 0.409. The van der Waals surface area contributed by atoms with Crippen LogP contribution < -0.4 is 0 Å². The predicted molar refractivity (Wildman–Crippen MR) is 65.5 cm³/mol. The molecule has 7 heteroatoms. The van der Waals surface area contributed by atoms with Crippen LogP contribution in [0.5, 0.6) is 0 Å². The third-order valence-electron chi connectivity index (χ3n) is 2.30. The highest BCUT2D eigenvalue weighted by Crippen LogP contribution is 2.21. The van der Waals surface area contributed by atoms with Crippen molar-refractivity contribution in [3.63, 3.8) is 0 Å². The van der Waals surface area contributed by atoms with E-state index in [2.05, 4.69) is 0 Å². The smallest absolute Gasteiger partial charge is 0.207 e. The van der Waals surface area contributed by atoms with Crippen LogP contribution in [0.4, 0.5) is 4.39 Å². The molecule has 1 rings (SSSR count). The Bertz CT molecular complexity index is 485. The molecule has 0 unspecified atom stereocenters. The van der Waals surface area contributed by atoms with Crippen molar-refractivity contribution in [2.75, 3.05) is 21.1 Å². The molecule has 0 aliphatic carbocycles. The van der Waals surface area contributed by atoms with Crippen LogP contribution in [0, 0.1) is 5.82 Å². The molecule has 0 saturated carbocycles. The van der Waals surface area contributed by atoms with Crippen molar-refractivity contribution < 1.29 is 12.8 Å². The molecule has 4 nitrogen and oxygen atoms in total. The van der Waals surface area contributed by atoms with E-state index in [4.69, 9.17) is 11.6 Å². The number of hydrogen-bond acceptors (Lipinski definition) is 2. The highest BCUT2D eigenvalue weighted by molar-refractivity contribution is 7.86. The molecular formula is C10H14ClFN2O2S. The highest BCUT2D eigenvalue weighted by atomic mass is 35.5. The molecule has 0 atom stereocenters. The van der Waals surface area contributed by atoms with Gasteiger partial charge in [0, 0.05) is 38.3 Å². The van der Waals surface area contributed by atoms with Crippen molar-refractivity contribution in [1.82, 2.24) is 8.61 Å². The molecule has 0 N–H and O–H groups in total. The molecule has 0 aromatic heterocycles. The van der Waals surface area contributed by atoms with E-state index in [1.807, 2.05) is 0 Å². The summed E-state index contributed by atoms with van der Waals surface area (Å²) in [4.78, 5) is 0. The fourth-order valence-corrected chi connectivity index (χ4v) is 2.34. The van der Waals surface area contributed by atoms with Gasteiger partial charge < -0.3 is 0 Å². The molecule has 17 heavy (non-hydrogen) atoms. The Morgan fingerprint density at radius 1 is 1.29 bits per heavy atom. The summed E-state index contributed by atoms with van der Waals surface area (Å²) in [7, 11) is 0.629. The molecule has 0 saturated heterocycles. The van der Waals surface area contributed by atoms with Crippen LogP contribution in [0.1, 0.15) is 5.56 Å². The Morgan fingerprint density at radius 2 is 1.88 bits per heavy atom. The summed E-state index contributed by atoms with van der Waals surface area (Å²) < 4.78 is 39.1. The van der Waals surface area contributed by atoms with Crippen LogP contribution in [-0.2, 0) is 16.8 Å². The molecule has 0 radical (unpaired) electrons. The zero-order chi connectivity index (χ0) is 13.2. The van der Waals surface area contributed by atoms with Gasteiger partial charge in [-0.25, -0.2) is 4.39 Å². The first-order valence-corrected chi connectivity index (χ1v) is 6.61. The molecule has 0 spiro atoms. The molecule has 0 aliphatic rings. The average molecular weight is 281 g/mol. The van der Waals surface area contributed by atoms with E-state index in [0.717, 1.165) is 8.61 Å². The SMILES string of the molecule is CN(C)S(=O)(=O)N(C)Cc1c(F)cccc1Cl. The van der Waals surface area contributed by atoms with E-state index in [1.165, 1.54) is 39.3 Å². The molecule has 0 heterocycles. The van der Waals surface area contributed by atoms with Crippen molar-refractivity contribution in [2.45, 2.75) is 6.54 Å². The number of nitrogens with zero attached hydrogens (tertiary/aromatic N) is 2. The van der Waals surface area contributed by atoms with Gasteiger partial charge in [-0.1, -0.05) is 17.7 Å². The molecular weight excluding hydrogens is 267 g/mol. The summed E-state index contributed by atoms with van der Waals surface area (Å²) in [6.45, 7) is -0.105. The van der Waals surface area contributed by atoms with Gasteiger partial charge in [-0.05, 0) is 12.1 Å². The summed E-state index contributed by atoms with van der Waals surface area (Å²) in [5, 5.41) is 0.214. The molecule has 0 aliphatic heterocycles. The zero-order valence-corrected chi connectivity index (χ0v) is 11.4. The average Bonchev–Trinajstić information content (AvgIpc) is 2.23. The fraction of sp³-hybridized carbons (Fsp3) is 0.400. The van der Waals surface area contributed by atoms with Crippen molar-refractivity contribution in [3.05, 3.63) is 34.6 Å².